The number of hydrogen-bond acceptors (Lipinski definition) is 2. The van der Waals surface area contributed by atoms with Crippen LogP contribution in [0.2, 0.25) is 0 Å². The van der Waals surface area contributed by atoms with Crippen molar-refractivity contribution in [1.29, 1.82) is 0 Å². The van der Waals surface area contributed by atoms with E-state index in [0.717, 1.165) is 29.4 Å². The van der Waals surface area contributed by atoms with Gasteiger partial charge in [0.1, 0.15) is 5.82 Å². The Morgan fingerprint density at radius 1 is 1.20 bits per heavy atom. The summed E-state index contributed by atoms with van der Waals surface area (Å²) in [6, 6.07) is 8.12. The fourth-order valence-corrected chi connectivity index (χ4v) is 2.56. The van der Waals surface area contributed by atoms with E-state index < -0.39 is 0 Å². The minimum atomic E-state index is 0.0383. The zero-order chi connectivity index (χ0) is 14.3. The second-order valence-corrected chi connectivity index (χ2v) is 5.93. The van der Waals surface area contributed by atoms with Gasteiger partial charge in [0.25, 0.3) is 5.91 Å². The third-order valence-corrected chi connectivity index (χ3v) is 3.90. The van der Waals surface area contributed by atoms with Crippen molar-refractivity contribution in [3.8, 4) is 0 Å². The first-order chi connectivity index (χ1) is 9.56. The van der Waals surface area contributed by atoms with Gasteiger partial charge >= 0.3 is 0 Å². The zero-order valence-electron chi connectivity index (χ0n) is 12.3. The lowest BCUT2D eigenvalue weighted by molar-refractivity contribution is 0.0827. The number of nitrogens with zero attached hydrogens (tertiary/aromatic N) is 3. The van der Waals surface area contributed by atoms with Gasteiger partial charge in [-0.2, -0.15) is 0 Å². The highest BCUT2D eigenvalue weighted by atomic mass is 16.2. The summed E-state index contributed by atoms with van der Waals surface area (Å²) in [7, 11) is 5.69. The molecule has 0 atom stereocenters. The van der Waals surface area contributed by atoms with Gasteiger partial charge in [0.15, 0.2) is 0 Å². The molecular weight excluding hydrogens is 250 g/mol. The molecular formula is C16H21N3O. The first kappa shape index (κ1) is 13.0. The van der Waals surface area contributed by atoms with Crippen molar-refractivity contribution >= 4 is 17.2 Å². The average Bonchev–Trinajstić information content (AvgIpc) is 3.13. The van der Waals surface area contributed by atoms with Crippen LogP contribution < -0.4 is 4.90 Å². The number of fused-ring (bicyclic) bond motifs is 1. The van der Waals surface area contributed by atoms with E-state index in [2.05, 4.69) is 28.5 Å². The fraction of sp³-hybridized carbons (Fsp3) is 0.438. The molecule has 0 aromatic carbocycles. The summed E-state index contributed by atoms with van der Waals surface area (Å²) in [6.45, 7) is 1.10. The van der Waals surface area contributed by atoms with Gasteiger partial charge in [-0.3, -0.25) is 4.79 Å². The molecule has 4 nitrogen and oxygen atoms in total. The van der Waals surface area contributed by atoms with Crippen LogP contribution in [0.15, 0.2) is 30.5 Å². The van der Waals surface area contributed by atoms with Gasteiger partial charge in [-0.1, -0.05) is 0 Å². The summed E-state index contributed by atoms with van der Waals surface area (Å²) in [6.07, 6.45) is 4.63. The molecule has 0 saturated heterocycles. The van der Waals surface area contributed by atoms with Crippen LogP contribution in [0.1, 0.15) is 23.2 Å². The van der Waals surface area contributed by atoms with Crippen molar-refractivity contribution in [3.63, 3.8) is 0 Å². The fourth-order valence-electron chi connectivity index (χ4n) is 2.56. The number of carbonyl (C=O) groups is 1. The Hall–Kier alpha value is -1.97. The Kier molecular flexibility index (Phi) is 3.16. The maximum Gasteiger partial charge on any atom is 0.254 e. The third kappa shape index (κ3) is 2.38. The van der Waals surface area contributed by atoms with Crippen LogP contribution in [-0.4, -0.2) is 42.9 Å². The van der Waals surface area contributed by atoms with Crippen LogP contribution >= 0.6 is 0 Å². The van der Waals surface area contributed by atoms with Crippen molar-refractivity contribution in [1.82, 2.24) is 9.30 Å². The number of pyridine rings is 1. The Balaban J connectivity index is 1.96. The molecule has 0 unspecified atom stereocenters. The average molecular weight is 271 g/mol. The Morgan fingerprint density at radius 3 is 2.55 bits per heavy atom. The lowest BCUT2D eigenvalue weighted by Gasteiger charge is -2.19. The molecule has 3 rings (SSSR count). The number of carbonyl (C=O) groups excluding carboxylic acids is 1. The van der Waals surface area contributed by atoms with Crippen LogP contribution in [0.5, 0.6) is 0 Å². The first-order valence-electron chi connectivity index (χ1n) is 7.10. The van der Waals surface area contributed by atoms with E-state index in [1.54, 1.807) is 19.0 Å². The molecule has 0 spiro atoms. The molecule has 1 amide bonds. The number of aromatic nitrogens is 1. The van der Waals surface area contributed by atoms with E-state index in [-0.39, 0.29) is 5.91 Å². The van der Waals surface area contributed by atoms with Crippen LogP contribution in [0.25, 0.3) is 5.52 Å². The van der Waals surface area contributed by atoms with Gasteiger partial charge in [-0.05, 0) is 43.0 Å². The molecule has 20 heavy (non-hydrogen) atoms. The standard InChI is InChI=1S/C16H21N3O/c1-17(2)16(20)13-6-7-14-8-9-15(19(14)11-13)18(3)10-12-4-5-12/h6-9,11-12H,4-5,10H2,1-3H3. The largest absolute Gasteiger partial charge is 0.361 e. The maximum atomic E-state index is 12.1. The van der Waals surface area contributed by atoms with Crippen LogP contribution in [0.4, 0.5) is 5.82 Å². The van der Waals surface area contributed by atoms with Crippen molar-refractivity contribution in [2.24, 2.45) is 5.92 Å². The van der Waals surface area contributed by atoms with Gasteiger partial charge in [0, 0.05) is 39.4 Å². The van der Waals surface area contributed by atoms with Gasteiger partial charge in [-0.15, -0.1) is 0 Å². The Morgan fingerprint density at radius 2 is 1.90 bits per heavy atom. The van der Waals surface area contributed by atoms with E-state index in [4.69, 9.17) is 0 Å². The van der Waals surface area contributed by atoms with Crippen LogP contribution in [0, 0.1) is 5.92 Å². The highest BCUT2D eigenvalue weighted by molar-refractivity contribution is 5.94. The smallest absolute Gasteiger partial charge is 0.254 e. The molecule has 1 saturated carbocycles. The molecule has 1 fully saturated rings. The molecule has 2 heterocycles. The topological polar surface area (TPSA) is 28.0 Å². The minimum Gasteiger partial charge on any atom is -0.361 e. The van der Waals surface area contributed by atoms with E-state index in [1.165, 1.54) is 12.8 Å². The van der Waals surface area contributed by atoms with E-state index >= 15 is 0 Å². The summed E-state index contributed by atoms with van der Waals surface area (Å²) in [5.74, 6) is 2.04. The van der Waals surface area contributed by atoms with Crippen molar-refractivity contribution < 1.29 is 4.79 Å². The monoisotopic (exact) mass is 271 g/mol. The number of hydrogen-bond donors (Lipinski definition) is 0. The second kappa shape index (κ2) is 4.85. The minimum absolute atomic E-state index is 0.0383. The molecule has 1 aliphatic carbocycles. The molecule has 0 N–H and O–H groups in total. The quantitative estimate of drug-likeness (QED) is 0.854. The molecule has 2 aromatic rings. The highest BCUT2D eigenvalue weighted by Gasteiger charge is 2.23. The van der Waals surface area contributed by atoms with Crippen LogP contribution in [-0.2, 0) is 0 Å². The van der Waals surface area contributed by atoms with Gasteiger partial charge in [0.2, 0.25) is 0 Å². The van der Waals surface area contributed by atoms with E-state index in [9.17, 15) is 4.79 Å². The van der Waals surface area contributed by atoms with Crippen LogP contribution in [0.3, 0.4) is 0 Å². The summed E-state index contributed by atoms with van der Waals surface area (Å²) >= 11 is 0. The summed E-state index contributed by atoms with van der Waals surface area (Å²) in [4.78, 5) is 16.0. The summed E-state index contributed by atoms with van der Waals surface area (Å²) < 4.78 is 2.11. The maximum absolute atomic E-state index is 12.1. The Bertz CT molecular complexity index is 640. The van der Waals surface area contributed by atoms with Crippen molar-refractivity contribution in [2.45, 2.75) is 12.8 Å². The predicted molar refractivity (Wildman–Crippen MR) is 81.4 cm³/mol. The molecule has 0 radical (unpaired) electrons. The molecule has 4 heteroatoms. The lowest BCUT2D eigenvalue weighted by atomic mass is 10.2. The normalized spacial score (nSPS) is 14.6. The van der Waals surface area contributed by atoms with Crippen molar-refractivity contribution in [2.75, 3.05) is 32.6 Å². The molecule has 106 valence electrons. The van der Waals surface area contributed by atoms with E-state index in [1.807, 2.05) is 18.3 Å². The molecule has 0 bridgehead atoms. The molecule has 2 aromatic heterocycles. The third-order valence-electron chi connectivity index (χ3n) is 3.90. The number of anilines is 1. The summed E-state index contributed by atoms with van der Waals surface area (Å²) in [5.41, 5.74) is 1.85. The predicted octanol–water partition coefficient (Wildman–Crippen LogP) is 2.49. The number of amides is 1. The molecule has 0 aliphatic heterocycles. The van der Waals surface area contributed by atoms with Crippen molar-refractivity contribution in [3.05, 3.63) is 36.0 Å². The van der Waals surface area contributed by atoms with Gasteiger partial charge < -0.3 is 14.2 Å². The first-order valence-corrected chi connectivity index (χ1v) is 7.10. The number of rotatable bonds is 4. The second-order valence-electron chi connectivity index (χ2n) is 5.93. The summed E-state index contributed by atoms with van der Waals surface area (Å²) in [5, 5.41) is 0. The molecule has 1 aliphatic rings. The zero-order valence-corrected chi connectivity index (χ0v) is 12.3. The van der Waals surface area contributed by atoms with Gasteiger partial charge in [-0.25, -0.2) is 0 Å². The van der Waals surface area contributed by atoms with Gasteiger partial charge in [0.05, 0.1) is 5.56 Å². The Labute approximate surface area is 119 Å². The highest BCUT2D eigenvalue weighted by Crippen LogP contribution is 2.31. The van der Waals surface area contributed by atoms with E-state index in [0.29, 0.717) is 0 Å². The lowest BCUT2D eigenvalue weighted by Crippen LogP contribution is -2.23. The SMILES string of the molecule is CN(C)C(=O)c1ccc2ccc(N(C)CC3CC3)n2c1.